The molecule has 1 unspecified atom stereocenters. The van der Waals surface area contributed by atoms with Crippen molar-refractivity contribution >= 4 is 40.9 Å². The number of anilines is 2. The van der Waals surface area contributed by atoms with Gasteiger partial charge in [-0.1, -0.05) is 25.1 Å². The molecular formula is C22H21N3O4S. The third kappa shape index (κ3) is 5.30. The van der Waals surface area contributed by atoms with Crippen LogP contribution in [0.1, 0.15) is 34.3 Å². The molecule has 1 atom stereocenters. The van der Waals surface area contributed by atoms with Crippen molar-refractivity contribution in [1.82, 2.24) is 0 Å². The van der Waals surface area contributed by atoms with Crippen molar-refractivity contribution in [3.05, 3.63) is 78.3 Å². The fourth-order valence-corrected chi connectivity index (χ4v) is 3.77. The molecule has 4 N–H and O–H groups in total. The molecule has 0 radical (unpaired) electrons. The first-order chi connectivity index (χ1) is 14.5. The second-order valence-corrected chi connectivity index (χ2v) is 7.65. The van der Waals surface area contributed by atoms with Crippen LogP contribution in [0, 0.1) is 0 Å². The number of thioether (sulfide) groups is 1. The van der Waals surface area contributed by atoms with Crippen LogP contribution in [-0.2, 0) is 4.79 Å². The van der Waals surface area contributed by atoms with Crippen molar-refractivity contribution in [3.8, 4) is 0 Å². The molecule has 0 aliphatic rings. The van der Waals surface area contributed by atoms with Crippen LogP contribution >= 0.6 is 11.8 Å². The summed E-state index contributed by atoms with van der Waals surface area (Å²) in [6.07, 6.45) is 2.00. The number of nitrogens with one attached hydrogen (secondary N) is 2. The van der Waals surface area contributed by atoms with E-state index in [1.807, 2.05) is 13.0 Å². The zero-order valence-corrected chi connectivity index (χ0v) is 17.1. The minimum Gasteiger partial charge on any atom is -0.459 e. The topological polar surface area (TPSA) is 114 Å². The predicted molar refractivity (Wildman–Crippen MR) is 117 cm³/mol. The predicted octanol–water partition coefficient (Wildman–Crippen LogP) is 4.14. The highest BCUT2D eigenvalue weighted by molar-refractivity contribution is 8.00. The van der Waals surface area contributed by atoms with Gasteiger partial charge in [0.2, 0.25) is 5.91 Å². The highest BCUT2D eigenvalue weighted by Crippen LogP contribution is 2.29. The average molecular weight is 423 g/mol. The van der Waals surface area contributed by atoms with E-state index in [9.17, 15) is 14.4 Å². The normalized spacial score (nSPS) is 11.5. The van der Waals surface area contributed by atoms with Crippen molar-refractivity contribution in [2.75, 3.05) is 10.6 Å². The molecule has 8 heteroatoms. The number of amides is 3. The lowest BCUT2D eigenvalue weighted by molar-refractivity contribution is -0.115. The van der Waals surface area contributed by atoms with Crippen LogP contribution in [0.15, 0.2) is 76.2 Å². The van der Waals surface area contributed by atoms with Gasteiger partial charge in [-0.25, -0.2) is 0 Å². The molecule has 0 spiro atoms. The largest absolute Gasteiger partial charge is 0.459 e. The molecule has 3 amide bonds. The minimum atomic E-state index is -0.605. The van der Waals surface area contributed by atoms with Gasteiger partial charge in [-0.2, -0.15) is 0 Å². The van der Waals surface area contributed by atoms with Crippen molar-refractivity contribution in [2.45, 2.75) is 23.5 Å². The minimum absolute atomic E-state index is 0.215. The highest BCUT2D eigenvalue weighted by atomic mass is 32.2. The first kappa shape index (κ1) is 21.2. The number of carbonyl (C=O) groups is 3. The van der Waals surface area contributed by atoms with Crippen LogP contribution < -0.4 is 16.4 Å². The van der Waals surface area contributed by atoms with Gasteiger partial charge in [-0.15, -0.1) is 11.8 Å². The summed E-state index contributed by atoms with van der Waals surface area (Å²) in [4.78, 5) is 37.3. The summed E-state index contributed by atoms with van der Waals surface area (Å²) in [6.45, 7) is 1.90. The Morgan fingerprint density at radius 3 is 2.53 bits per heavy atom. The molecule has 0 aliphatic carbocycles. The maximum Gasteiger partial charge on any atom is 0.291 e. The van der Waals surface area contributed by atoms with Crippen molar-refractivity contribution in [3.63, 3.8) is 0 Å². The SMILES string of the molecule is CCC(Sc1cccc(NC(=O)c2ccco2)c1)C(=O)Nc1ccccc1C(N)=O. The molecule has 7 nitrogen and oxygen atoms in total. The number of nitrogens with two attached hydrogens (primary N) is 1. The lowest BCUT2D eigenvalue weighted by Gasteiger charge is -2.16. The molecule has 1 heterocycles. The van der Waals surface area contributed by atoms with Crippen molar-refractivity contribution < 1.29 is 18.8 Å². The Bertz CT molecular complexity index is 1050. The molecule has 0 aliphatic heterocycles. The number of hydrogen-bond donors (Lipinski definition) is 3. The second kappa shape index (κ2) is 9.80. The maximum absolute atomic E-state index is 12.8. The number of para-hydroxylation sites is 1. The Morgan fingerprint density at radius 1 is 1.03 bits per heavy atom. The van der Waals surface area contributed by atoms with E-state index in [1.165, 1.54) is 18.0 Å². The van der Waals surface area contributed by atoms with E-state index in [0.717, 1.165) is 4.90 Å². The standard InChI is InChI=1S/C22H21N3O4S/c1-2-19(22(28)25-17-10-4-3-9-16(17)20(23)26)30-15-8-5-7-14(13-15)24-21(27)18-11-6-12-29-18/h3-13,19H,2H2,1H3,(H2,23,26)(H,24,27)(H,25,28). The summed E-state index contributed by atoms with van der Waals surface area (Å²) in [7, 11) is 0. The number of hydrogen-bond acceptors (Lipinski definition) is 5. The smallest absolute Gasteiger partial charge is 0.291 e. The number of carbonyl (C=O) groups excluding carboxylic acids is 3. The summed E-state index contributed by atoms with van der Waals surface area (Å²) >= 11 is 1.37. The van der Waals surface area contributed by atoms with Crippen LogP contribution in [0.25, 0.3) is 0 Å². The Morgan fingerprint density at radius 2 is 1.83 bits per heavy atom. The van der Waals surface area contributed by atoms with Gasteiger partial charge < -0.3 is 20.8 Å². The third-order valence-corrected chi connectivity index (χ3v) is 5.59. The monoisotopic (exact) mass is 423 g/mol. The Balaban J connectivity index is 1.69. The van der Waals surface area contributed by atoms with Crippen LogP contribution in [0.4, 0.5) is 11.4 Å². The zero-order chi connectivity index (χ0) is 21.5. The quantitative estimate of drug-likeness (QED) is 0.471. The Kier molecular flexibility index (Phi) is 6.92. The van der Waals surface area contributed by atoms with Gasteiger partial charge in [-0.05, 0) is 48.9 Å². The van der Waals surface area contributed by atoms with E-state index < -0.39 is 11.2 Å². The fraction of sp³-hybridized carbons (Fsp3) is 0.136. The average Bonchev–Trinajstić information content (AvgIpc) is 3.27. The van der Waals surface area contributed by atoms with E-state index in [4.69, 9.17) is 10.2 Å². The van der Waals surface area contributed by atoms with Gasteiger partial charge in [-0.3, -0.25) is 14.4 Å². The number of primary amides is 1. The lowest BCUT2D eigenvalue weighted by Crippen LogP contribution is -2.26. The molecular weight excluding hydrogens is 402 g/mol. The van der Waals surface area contributed by atoms with E-state index >= 15 is 0 Å². The first-order valence-corrected chi connectivity index (χ1v) is 10.2. The van der Waals surface area contributed by atoms with Gasteiger partial charge in [0.25, 0.3) is 11.8 Å². The third-order valence-electron chi connectivity index (χ3n) is 4.23. The Hall–Kier alpha value is -3.52. The zero-order valence-electron chi connectivity index (χ0n) is 16.3. The van der Waals surface area contributed by atoms with E-state index in [-0.39, 0.29) is 23.1 Å². The lowest BCUT2D eigenvalue weighted by atomic mass is 10.1. The van der Waals surface area contributed by atoms with Crippen LogP contribution in [0.5, 0.6) is 0 Å². The molecule has 2 aromatic carbocycles. The molecule has 3 aromatic rings. The van der Waals surface area contributed by atoms with Crippen molar-refractivity contribution in [1.29, 1.82) is 0 Å². The molecule has 0 fully saturated rings. The van der Waals surface area contributed by atoms with Gasteiger partial charge in [0.05, 0.1) is 22.8 Å². The maximum atomic E-state index is 12.8. The number of furan rings is 1. The molecule has 154 valence electrons. The molecule has 0 saturated heterocycles. The molecule has 30 heavy (non-hydrogen) atoms. The summed E-state index contributed by atoms with van der Waals surface area (Å²) < 4.78 is 5.09. The summed E-state index contributed by atoms with van der Waals surface area (Å²) in [6, 6.07) is 17.0. The van der Waals surface area contributed by atoms with E-state index in [0.29, 0.717) is 17.8 Å². The van der Waals surface area contributed by atoms with Gasteiger partial charge in [0.15, 0.2) is 5.76 Å². The number of rotatable bonds is 8. The van der Waals surface area contributed by atoms with Crippen LogP contribution in [0.2, 0.25) is 0 Å². The molecule has 3 rings (SSSR count). The Labute approximate surface area is 178 Å². The first-order valence-electron chi connectivity index (χ1n) is 9.29. The van der Waals surface area contributed by atoms with Gasteiger partial charge >= 0.3 is 0 Å². The highest BCUT2D eigenvalue weighted by Gasteiger charge is 2.20. The van der Waals surface area contributed by atoms with Gasteiger partial charge in [0, 0.05) is 10.6 Å². The summed E-state index contributed by atoms with van der Waals surface area (Å²) in [5.41, 5.74) is 6.61. The van der Waals surface area contributed by atoms with Crippen LogP contribution in [-0.4, -0.2) is 23.0 Å². The molecule has 0 saturated carbocycles. The number of benzene rings is 2. The van der Waals surface area contributed by atoms with Crippen molar-refractivity contribution in [2.24, 2.45) is 5.73 Å². The van der Waals surface area contributed by atoms with E-state index in [1.54, 1.807) is 54.6 Å². The molecule has 1 aromatic heterocycles. The summed E-state index contributed by atoms with van der Waals surface area (Å²) in [5.74, 6) is -0.977. The van der Waals surface area contributed by atoms with E-state index in [2.05, 4.69) is 10.6 Å². The molecule has 0 bridgehead atoms. The van der Waals surface area contributed by atoms with Gasteiger partial charge in [0.1, 0.15) is 0 Å². The van der Waals surface area contributed by atoms with Crippen LogP contribution in [0.3, 0.4) is 0 Å². The second-order valence-electron chi connectivity index (χ2n) is 6.37. The fourth-order valence-electron chi connectivity index (χ4n) is 2.75. The summed E-state index contributed by atoms with van der Waals surface area (Å²) in [5, 5.41) is 5.15.